The summed E-state index contributed by atoms with van der Waals surface area (Å²) in [7, 11) is 1.88. The van der Waals surface area contributed by atoms with E-state index in [4.69, 9.17) is 21.1 Å². The summed E-state index contributed by atoms with van der Waals surface area (Å²) in [6, 6.07) is 8.95. The van der Waals surface area contributed by atoms with Crippen LogP contribution in [0.3, 0.4) is 0 Å². The largest absolute Gasteiger partial charge is 0.379 e. The second-order valence-electron chi connectivity index (χ2n) is 8.15. The van der Waals surface area contributed by atoms with Crippen LogP contribution in [0, 0.1) is 0 Å². The molecular formula is C22H35ClIN5O2. The molecule has 0 saturated carbocycles. The zero-order chi connectivity index (χ0) is 20.8. The van der Waals surface area contributed by atoms with E-state index in [0.29, 0.717) is 6.04 Å². The fourth-order valence-electron chi connectivity index (χ4n) is 4.77. The Balaban J connectivity index is 0.00000272. The summed E-state index contributed by atoms with van der Waals surface area (Å²) in [5.74, 6) is 0.982. The van der Waals surface area contributed by atoms with E-state index in [1.807, 2.05) is 19.2 Å². The first-order valence-corrected chi connectivity index (χ1v) is 11.5. The number of ether oxygens (including phenoxy) is 2. The van der Waals surface area contributed by atoms with E-state index in [1.165, 1.54) is 6.42 Å². The highest BCUT2D eigenvalue weighted by molar-refractivity contribution is 14.0. The molecule has 0 aliphatic carbocycles. The molecule has 0 aromatic heterocycles. The Kier molecular flexibility index (Phi) is 10.1. The van der Waals surface area contributed by atoms with Crippen molar-refractivity contribution < 1.29 is 9.47 Å². The van der Waals surface area contributed by atoms with Gasteiger partial charge in [0.2, 0.25) is 0 Å². The standard InChI is InChI=1S/C22H34ClN5O2.HI/c1-24-22(28-7-6-18(17-28)26-8-12-29-13-9-26)25-16-21(27-10-14-30-15-11-27)19-4-2-3-5-20(19)23;/h2-5,18,21H,6-17H2,1H3,(H,24,25);1H. The number of aliphatic imine (C=N–C) groups is 1. The van der Waals surface area contributed by atoms with Gasteiger partial charge in [-0.05, 0) is 18.1 Å². The molecule has 9 heteroatoms. The van der Waals surface area contributed by atoms with E-state index >= 15 is 0 Å². The van der Waals surface area contributed by atoms with Gasteiger partial charge in [0.25, 0.3) is 0 Å². The first-order valence-electron chi connectivity index (χ1n) is 11.1. The first-order chi connectivity index (χ1) is 14.8. The number of halogens is 2. The smallest absolute Gasteiger partial charge is 0.193 e. The monoisotopic (exact) mass is 563 g/mol. The van der Waals surface area contributed by atoms with Crippen LogP contribution < -0.4 is 5.32 Å². The zero-order valence-electron chi connectivity index (χ0n) is 18.3. The average Bonchev–Trinajstić information content (AvgIpc) is 3.29. The topological polar surface area (TPSA) is 52.6 Å². The van der Waals surface area contributed by atoms with Gasteiger partial charge in [-0.2, -0.15) is 0 Å². The molecule has 3 aliphatic rings. The lowest BCUT2D eigenvalue weighted by Gasteiger charge is -2.36. The van der Waals surface area contributed by atoms with Crippen LogP contribution in [0.2, 0.25) is 5.02 Å². The van der Waals surface area contributed by atoms with Crippen LogP contribution in [0.1, 0.15) is 18.0 Å². The Morgan fingerprint density at radius 3 is 2.45 bits per heavy atom. The van der Waals surface area contributed by atoms with Crippen LogP contribution in [-0.2, 0) is 9.47 Å². The predicted octanol–water partition coefficient (Wildman–Crippen LogP) is 2.31. The van der Waals surface area contributed by atoms with Gasteiger partial charge in [-0.25, -0.2) is 0 Å². The molecular weight excluding hydrogens is 529 g/mol. The summed E-state index contributed by atoms with van der Waals surface area (Å²) >= 11 is 6.58. The van der Waals surface area contributed by atoms with Crippen molar-refractivity contribution >= 4 is 41.5 Å². The first kappa shape index (κ1) is 25.0. The van der Waals surface area contributed by atoms with Crippen LogP contribution in [0.4, 0.5) is 0 Å². The third-order valence-electron chi connectivity index (χ3n) is 6.44. The number of guanidine groups is 1. The lowest BCUT2D eigenvalue weighted by atomic mass is 10.0. The molecule has 31 heavy (non-hydrogen) atoms. The number of morpholine rings is 2. The summed E-state index contributed by atoms with van der Waals surface area (Å²) in [5, 5.41) is 4.47. The van der Waals surface area contributed by atoms with E-state index < -0.39 is 0 Å². The molecule has 174 valence electrons. The van der Waals surface area contributed by atoms with Crippen molar-refractivity contribution in [2.45, 2.75) is 18.5 Å². The molecule has 0 amide bonds. The Hall–Kier alpha value is -0.650. The van der Waals surface area contributed by atoms with E-state index in [9.17, 15) is 0 Å². The minimum Gasteiger partial charge on any atom is -0.379 e. The van der Waals surface area contributed by atoms with Crippen molar-refractivity contribution in [2.24, 2.45) is 4.99 Å². The van der Waals surface area contributed by atoms with Crippen molar-refractivity contribution in [1.29, 1.82) is 0 Å². The highest BCUT2D eigenvalue weighted by atomic mass is 127. The molecule has 1 N–H and O–H groups in total. The molecule has 3 aliphatic heterocycles. The van der Waals surface area contributed by atoms with E-state index in [2.05, 4.69) is 37.1 Å². The number of hydrogen-bond acceptors (Lipinski definition) is 5. The molecule has 7 nitrogen and oxygen atoms in total. The number of likely N-dealkylation sites (tertiary alicyclic amines) is 1. The van der Waals surface area contributed by atoms with Crippen molar-refractivity contribution in [1.82, 2.24) is 20.0 Å². The number of nitrogens with zero attached hydrogens (tertiary/aromatic N) is 4. The van der Waals surface area contributed by atoms with Gasteiger partial charge in [0.15, 0.2) is 5.96 Å². The molecule has 2 unspecified atom stereocenters. The lowest BCUT2D eigenvalue weighted by molar-refractivity contribution is 0.0167. The summed E-state index contributed by atoms with van der Waals surface area (Å²) in [6.07, 6.45) is 1.18. The molecule has 0 spiro atoms. The highest BCUT2D eigenvalue weighted by Gasteiger charge is 2.31. The number of hydrogen-bond donors (Lipinski definition) is 1. The van der Waals surface area contributed by atoms with Crippen molar-refractivity contribution in [3.8, 4) is 0 Å². The minimum absolute atomic E-state index is 0. The average molecular weight is 564 g/mol. The molecule has 1 aromatic rings. The molecule has 2 atom stereocenters. The predicted molar refractivity (Wildman–Crippen MR) is 136 cm³/mol. The summed E-state index contributed by atoms with van der Waals surface area (Å²) in [5.41, 5.74) is 1.16. The minimum atomic E-state index is 0. The SMILES string of the molecule is CN=C(NCC(c1ccccc1Cl)N1CCOCC1)N1CCC(N2CCOCC2)C1.I. The lowest BCUT2D eigenvalue weighted by Crippen LogP contribution is -2.48. The molecule has 1 aromatic carbocycles. The maximum Gasteiger partial charge on any atom is 0.193 e. The summed E-state index contributed by atoms with van der Waals surface area (Å²) in [4.78, 5) is 12.0. The number of rotatable bonds is 5. The maximum atomic E-state index is 6.58. The highest BCUT2D eigenvalue weighted by Crippen LogP contribution is 2.28. The van der Waals surface area contributed by atoms with Crippen LogP contribution in [0.25, 0.3) is 0 Å². The van der Waals surface area contributed by atoms with Gasteiger partial charge in [0.05, 0.1) is 32.5 Å². The van der Waals surface area contributed by atoms with Crippen LogP contribution in [-0.4, -0.2) is 106 Å². The molecule has 3 heterocycles. The third kappa shape index (κ3) is 6.45. The quantitative estimate of drug-likeness (QED) is 0.337. The van der Waals surface area contributed by atoms with Gasteiger partial charge in [-0.1, -0.05) is 29.8 Å². The number of nitrogens with one attached hydrogen (secondary N) is 1. The third-order valence-corrected chi connectivity index (χ3v) is 6.79. The number of benzene rings is 1. The van der Waals surface area contributed by atoms with Crippen LogP contribution in [0.5, 0.6) is 0 Å². The molecule has 4 rings (SSSR count). The van der Waals surface area contributed by atoms with Crippen LogP contribution >= 0.6 is 35.6 Å². The van der Waals surface area contributed by atoms with E-state index in [1.54, 1.807) is 0 Å². The fourth-order valence-corrected chi connectivity index (χ4v) is 5.03. The fraction of sp³-hybridized carbons (Fsp3) is 0.682. The molecule has 3 fully saturated rings. The second-order valence-corrected chi connectivity index (χ2v) is 8.56. The second kappa shape index (κ2) is 12.6. The normalized spacial score (nSPS) is 24.6. The van der Waals surface area contributed by atoms with Crippen molar-refractivity contribution in [2.75, 3.05) is 79.3 Å². The Morgan fingerprint density at radius 2 is 1.77 bits per heavy atom. The summed E-state index contributed by atoms with van der Waals surface area (Å²) < 4.78 is 11.1. The van der Waals surface area contributed by atoms with Crippen LogP contribution in [0.15, 0.2) is 29.3 Å². The maximum absolute atomic E-state index is 6.58. The Bertz CT molecular complexity index is 713. The van der Waals surface area contributed by atoms with Gasteiger partial charge in [-0.15, -0.1) is 24.0 Å². The van der Waals surface area contributed by atoms with E-state index in [-0.39, 0.29) is 30.0 Å². The van der Waals surface area contributed by atoms with E-state index in [0.717, 1.165) is 88.8 Å². The molecule has 0 bridgehead atoms. The van der Waals surface area contributed by atoms with Gasteiger partial charge in [0.1, 0.15) is 0 Å². The van der Waals surface area contributed by atoms with Crippen molar-refractivity contribution in [3.05, 3.63) is 34.9 Å². The summed E-state index contributed by atoms with van der Waals surface area (Å²) in [6.45, 7) is 9.97. The molecule has 0 radical (unpaired) electrons. The zero-order valence-corrected chi connectivity index (χ0v) is 21.4. The van der Waals surface area contributed by atoms with Crippen molar-refractivity contribution in [3.63, 3.8) is 0 Å². The molecule has 3 saturated heterocycles. The van der Waals surface area contributed by atoms with Gasteiger partial charge in [0, 0.05) is 63.9 Å². The van der Waals surface area contributed by atoms with Gasteiger partial charge in [-0.3, -0.25) is 14.8 Å². The Morgan fingerprint density at radius 1 is 1.10 bits per heavy atom. The Labute approximate surface area is 208 Å². The van der Waals surface area contributed by atoms with Gasteiger partial charge < -0.3 is 19.7 Å². The van der Waals surface area contributed by atoms with Gasteiger partial charge >= 0.3 is 0 Å².